The predicted molar refractivity (Wildman–Crippen MR) is 141 cm³/mol. The first kappa shape index (κ1) is 25.7. The summed E-state index contributed by atoms with van der Waals surface area (Å²) in [6, 6.07) is 19.6. The molecule has 0 aliphatic carbocycles. The van der Waals surface area contributed by atoms with Crippen molar-refractivity contribution in [3.63, 3.8) is 0 Å². The molecule has 1 atom stereocenters. The molecule has 192 valence electrons. The first-order valence-electron chi connectivity index (χ1n) is 12.1. The lowest BCUT2D eigenvalue weighted by atomic mass is 9.98. The molecule has 4 rings (SSSR count). The third-order valence-corrected chi connectivity index (χ3v) is 6.38. The van der Waals surface area contributed by atoms with E-state index < -0.39 is 11.6 Å². The van der Waals surface area contributed by atoms with Crippen LogP contribution in [0, 0.1) is 0 Å². The van der Waals surface area contributed by atoms with Gasteiger partial charge in [0.25, 0.3) is 0 Å². The summed E-state index contributed by atoms with van der Waals surface area (Å²) < 4.78 is 7.10. The fourth-order valence-corrected chi connectivity index (χ4v) is 4.05. The normalized spacial score (nSPS) is 12.2. The molecular weight excluding hydrogens is 470 g/mol. The van der Waals surface area contributed by atoms with Crippen molar-refractivity contribution in [2.24, 2.45) is 0 Å². The van der Waals surface area contributed by atoms with E-state index in [4.69, 9.17) is 4.74 Å². The van der Waals surface area contributed by atoms with Gasteiger partial charge in [-0.15, -0.1) is 5.10 Å². The van der Waals surface area contributed by atoms with E-state index in [0.717, 1.165) is 0 Å². The molecule has 1 aromatic heterocycles. The van der Waals surface area contributed by atoms with Gasteiger partial charge in [-0.1, -0.05) is 48.5 Å². The Kier molecular flexibility index (Phi) is 7.42. The summed E-state index contributed by atoms with van der Waals surface area (Å²) in [5.74, 6) is -0.255. The molecule has 0 aliphatic rings. The molecule has 0 fully saturated rings. The van der Waals surface area contributed by atoms with Crippen LogP contribution in [0.1, 0.15) is 38.8 Å². The molecule has 2 amide bonds. The highest BCUT2D eigenvalue weighted by molar-refractivity contribution is 6.02. The Bertz CT molecular complexity index is 1400. The number of aromatic hydroxyl groups is 1. The van der Waals surface area contributed by atoms with E-state index >= 15 is 0 Å². The number of aromatic nitrogens is 3. The fourth-order valence-electron chi connectivity index (χ4n) is 4.05. The lowest BCUT2D eigenvalue weighted by Gasteiger charge is -2.35. The molecule has 0 saturated heterocycles. The maximum Gasteiger partial charge on any atom is 0.249 e. The summed E-state index contributed by atoms with van der Waals surface area (Å²) in [6.45, 7) is 5.68. The van der Waals surface area contributed by atoms with Crippen LogP contribution < -0.4 is 15.0 Å². The van der Waals surface area contributed by atoms with E-state index in [1.807, 2.05) is 45.0 Å². The Hall–Kier alpha value is -4.40. The number of para-hydroxylation sites is 3. The zero-order chi connectivity index (χ0) is 26.6. The monoisotopic (exact) mass is 501 g/mol. The number of amides is 2. The number of fused-ring (bicyclic) bond motifs is 1. The maximum absolute atomic E-state index is 14.1. The largest absolute Gasteiger partial charge is 0.508 e. The van der Waals surface area contributed by atoms with Crippen LogP contribution in [0.5, 0.6) is 11.5 Å². The van der Waals surface area contributed by atoms with Crippen molar-refractivity contribution < 1.29 is 19.4 Å². The second-order valence-corrected chi connectivity index (χ2v) is 9.39. The van der Waals surface area contributed by atoms with Crippen LogP contribution in [0.4, 0.5) is 5.69 Å². The lowest BCUT2D eigenvalue weighted by Crippen LogP contribution is -2.51. The van der Waals surface area contributed by atoms with Gasteiger partial charge in [-0.3, -0.25) is 14.5 Å². The Labute approximate surface area is 215 Å². The smallest absolute Gasteiger partial charge is 0.249 e. The van der Waals surface area contributed by atoms with Crippen LogP contribution in [0.3, 0.4) is 0 Å². The molecule has 9 heteroatoms. The number of rotatable bonds is 9. The third kappa shape index (κ3) is 5.55. The summed E-state index contributed by atoms with van der Waals surface area (Å²) in [4.78, 5) is 29.4. The van der Waals surface area contributed by atoms with Gasteiger partial charge < -0.3 is 15.2 Å². The van der Waals surface area contributed by atoms with Crippen LogP contribution in [0.25, 0.3) is 11.0 Å². The molecule has 0 bridgehead atoms. The predicted octanol–water partition coefficient (Wildman–Crippen LogP) is 4.22. The van der Waals surface area contributed by atoms with Gasteiger partial charge in [0.1, 0.15) is 29.6 Å². The average molecular weight is 502 g/mol. The molecule has 0 radical (unpaired) electrons. The Morgan fingerprint density at radius 3 is 2.43 bits per heavy atom. The molecule has 2 N–H and O–H groups in total. The number of hydrogen-bond acceptors (Lipinski definition) is 6. The van der Waals surface area contributed by atoms with Crippen molar-refractivity contribution in [2.45, 2.75) is 45.3 Å². The zero-order valence-electron chi connectivity index (χ0n) is 21.4. The van der Waals surface area contributed by atoms with E-state index in [1.54, 1.807) is 36.4 Å². The van der Waals surface area contributed by atoms with Crippen LogP contribution in [-0.4, -0.2) is 44.6 Å². The summed E-state index contributed by atoms with van der Waals surface area (Å²) in [7, 11) is 1.52. The lowest BCUT2D eigenvalue weighted by molar-refractivity contribution is -0.128. The molecule has 9 nitrogen and oxygen atoms in total. The summed E-state index contributed by atoms with van der Waals surface area (Å²) in [6.07, 6.45) is 0.689. The standard InChI is InChI=1S/C28H31N5O4/c1-5-28(2,3)29-27(36)26(19-14-16-20(34)17-15-19)33(23-12-8-9-13-24(23)37-4)25(35)18-32-22-11-7-6-10-21(22)30-31-32/h6-17,26,34H,5,18H2,1-4H3,(H,29,36)/t26-/m1/s1. The van der Waals surface area contributed by atoms with Crippen LogP contribution in [-0.2, 0) is 16.1 Å². The highest BCUT2D eigenvalue weighted by atomic mass is 16.5. The molecular formula is C28H31N5O4. The number of nitrogens with one attached hydrogen (secondary N) is 1. The van der Waals surface area contributed by atoms with Crippen molar-refractivity contribution in [1.82, 2.24) is 20.3 Å². The van der Waals surface area contributed by atoms with Crippen molar-refractivity contribution in [1.29, 1.82) is 0 Å². The number of anilines is 1. The Morgan fingerprint density at radius 1 is 1.05 bits per heavy atom. The molecule has 0 unspecified atom stereocenters. The molecule has 4 aromatic rings. The highest BCUT2D eigenvalue weighted by Gasteiger charge is 2.36. The fraction of sp³-hybridized carbons (Fsp3) is 0.286. The number of hydrogen-bond donors (Lipinski definition) is 2. The van der Waals surface area contributed by atoms with Crippen LogP contribution in [0.15, 0.2) is 72.8 Å². The second kappa shape index (κ2) is 10.7. The summed E-state index contributed by atoms with van der Waals surface area (Å²) in [5.41, 5.74) is 1.82. The van der Waals surface area contributed by atoms with E-state index in [2.05, 4.69) is 15.6 Å². The maximum atomic E-state index is 14.1. The number of carbonyl (C=O) groups excluding carboxylic acids is 2. The van der Waals surface area contributed by atoms with Crippen molar-refractivity contribution >= 4 is 28.5 Å². The number of carbonyl (C=O) groups is 2. The van der Waals surface area contributed by atoms with Crippen LogP contribution in [0.2, 0.25) is 0 Å². The number of phenols is 1. The second-order valence-electron chi connectivity index (χ2n) is 9.39. The number of methoxy groups -OCH3 is 1. The first-order valence-corrected chi connectivity index (χ1v) is 12.1. The van der Waals surface area contributed by atoms with Gasteiger partial charge in [0.2, 0.25) is 11.8 Å². The molecule has 3 aromatic carbocycles. The molecule has 0 saturated carbocycles. The van der Waals surface area contributed by atoms with E-state index in [9.17, 15) is 14.7 Å². The van der Waals surface area contributed by atoms with E-state index in [-0.39, 0.29) is 24.1 Å². The minimum Gasteiger partial charge on any atom is -0.508 e. The first-order chi connectivity index (χ1) is 17.7. The topological polar surface area (TPSA) is 110 Å². The van der Waals surface area contributed by atoms with Crippen molar-refractivity contribution in [2.75, 3.05) is 12.0 Å². The van der Waals surface area contributed by atoms with Gasteiger partial charge in [-0.2, -0.15) is 0 Å². The van der Waals surface area contributed by atoms with Crippen LogP contribution >= 0.6 is 0 Å². The zero-order valence-corrected chi connectivity index (χ0v) is 21.4. The van der Waals surface area contributed by atoms with Gasteiger partial charge >= 0.3 is 0 Å². The minimum atomic E-state index is -1.05. The summed E-state index contributed by atoms with van der Waals surface area (Å²) >= 11 is 0. The van der Waals surface area contributed by atoms with E-state index in [0.29, 0.717) is 34.5 Å². The van der Waals surface area contributed by atoms with Crippen molar-refractivity contribution in [3.05, 3.63) is 78.4 Å². The number of benzene rings is 3. The third-order valence-electron chi connectivity index (χ3n) is 6.38. The quantitative estimate of drug-likeness (QED) is 0.355. The molecule has 1 heterocycles. The average Bonchev–Trinajstić information content (AvgIpc) is 3.30. The van der Waals surface area contributed by atoms with Gasteiger partial charge in [-0.25, -0.2) is 4.68 Å². The summed E-state index contributed by atoms with van der Waals surface area (Å²) in [5, 5.41) is 21.3. The minimum absolute atomic E-state index is 0.0565. The molecule has 0 spiro atoms. The molecule has 37 heavy (non-hydrogen) atoms. The Balaban J connectivity index is 1.85. The van der Waals surface area contributed by atoms with Gasteiger partial charge in [0.15, 0.2) is 0 Å². The number of ether oxygens (including phenoxy) is 1. The van der Waals surface area contributed by atoms with Gasteiger partial charge in [-0.05, 0) is 62.2 Å². The van der Waals surface area contributed by atoms with E-state index in [1.165, 1.54) is 28.8 Å². The van der Waals surface area contributed by atoms with Gasteiger partial charge in [0, 0.05) is 5.54 Å². The number of nitrogens with zero attached hydrogens (tertiary/aromatic N) is 4. The Morgan fingerprint density at radius 2 is 1.73 bits per heavy atom. The number of phenolic OH excluding ortho intramolecular Hbond substituents is 1. The molecule has 0 aliphatic heterocycles. The van der Waals surface area contributed by atoms with Crippen molar-refractivity contribution in [3.8, 4) is 11.5 Å². The highest BCUT2D eigenvalue weighted by Crippen LogP contribution is 2.36. The van der Waals surface area contributed by atoms with Gasteiger partial charge in [0.05, 0.1) is 18.3 Å². The SMILES string of the molecule is CCC(C)(C)NC(=O)[C@@H](c1ccc(O)cc1)N(C(=O)Cn1nnc2ccccc21)c1ccccc1OC.